The number of carbonyl (C=O) groups excluding carboxylic acids is 1. The summed E-state index contributed by atoms with van der Waals surface area (Å²) in [6.45, 7) is 5.52. The molecule has 3 nitrogen and oxygen atoms in total. The molecule has 0 spiro atoms. The van der Waals surface area contributed by atoms with Gasteiger partial charge in [-0.3, -0.25) is 0 Å². The van der Waals surface area contributed by atoms with E-state index in [1.54, 1.807) is 13.2 Å². The highest BCUT2D eigenvalue weighted by Gasteiger charge is 2.13. The number of hydrogen-bond acceptors (Lipinski definition) is 3. The van der Waals surface area contributed by atoms with Crippen LogP contribution >= 0.6 is 0 Å². The summed E-state index contributed by atoms with van der Waals surface area (Å²) in [5.41, 5.74) is 0.470. The van der Waals surface area contributed by atoms with E-state index in [1.165, 1.54) is 6.08 Å². The Kier molecular flexibility index (Phi) is 4.32. The molecule has 0 atom stereocenters. The first-order valence-corrected chi connectivity index (χ1v) is 5.46. The van der Waals surface area contributed by atoms with Crippen molar-refractivity contribution in [2.45, 2.75) is 26.4 Å². The quantitative estimate of drug-likeness (QED) is 0.595. The van der Waals surface area contributed by atoms with Crippen molar-refractivity contribution in [3.8, 4) is 5.75 Å². The fourth-order valence-electron chi connectivity index (χ4n) is 1.22. The molecule has 1 aromatic rings. The van der Waals surface area contributed by atoms with E-state index < -0.39 is 5.60 Å². The number of rotatable bonds is 3. The van der Waals surface area contributed by atoms with Gasteiger partial charge in [-0.15, -0.1) is 0 Å². The van der Waals surface area contributed by atoms with E-state index in [0.717, 1.165) is 11.3 Å². The first kappa shape index (κ1) is 13.3. The van der Waals surface area contributed by atoms with Crippen LogP contribution in [0.2, 0.25) is 0 Å². The standard InChI is InChI=1S/C14H18O3/c1-14(2,3)17-13(15)10-7-11-5-8-12(16-4)9-6-11/h5-10H,1-4H3/b10-7+. The zero-order valence-corrected chi connectivity index (χ0v) is 10.7. The third-order valence-corrected chi connectivity index (χ3v) is 1.93. The van der Waals surface area contributed by atoms with E-state index in [-0.39, 0.29) is 5.97 Å². The summed E-state index contributed by atoms with van der Waals surface area (Å²) in [7, 11) is 1.62. The largest absolute Gasteiger partial charge is 0.497 e. The minimum absolute atomic E-state index is 0.340. The summed E-state index contributed by atoms with van der Waals surface area (Å²) in [6.07, 6.45) is 3.14. The molecule has 0 unspecified atom stereocenters. The van der Waals surface area contributed by atoms with Crippen molar-refractivity contribution in [3.63, 3.8) is 0 Å². The van der Waals surface area contributed by atoms with E-state index in [9.17, 15) is 4.79 Å². The van der Waals surface area contributed by atoms with Gasteiger partial charge < -0.3 is 9.47 Å². The van der Waals surface area contributed by atoms with Gasteiger partial charge >= 0.3 is 5.97 Å². The molecule has 1 aromatic carbocycles. The minimum Gasteiger partial charge on any atom is -0.497 e. The maximum absolute atomic E-state index is 11.4. The zero-order chi connectivity index (χ0) is 12.9. The van der Waals surface area contributed by atoms with Crippen LogP contribution in [0.5, 0.6) is 5.75 Å². The topological polar surface area (TPSA) is 35.5 Å². The van der Waals surface area contributed by atoms with Gasteiger partial charge in [0.1, 0.15) is 11.4 Å². The van der Waals surface area contributed by atoms with Crippen molar-refractivity contribution in [1.82, 2.24) is 0 Å². The van der Waals surface area contributed by atoms with Crippen LogP contribution in [0.25, 0.3) is 6.08 Å². The van der Waals surface area contributed by atoms with E-state index in [0.29, 0.717) is 0 Å². The molecule has 0 radical (unpaired) electrons. The molecule has 0 heterocycles. The van der Waals surface area contributed by atoms with Crippen molar-refractivity contribution in [3.05, 3.63) is 35.9 Å². The number of ether oxygens (including phenoxy) is 2. The van der Waals surface area contributed by atoms with E-state index in [4.69, 9.17) is 9.47 Å². The Bertz CT molecular complexity index is 396. The normalized spacial score (nSPS) is 11.5. The summed E-state index contributed by atoms with van der Waals surface area (Å²) >= 11 is 0. The molecule has 0 saturated heterocycles. The third-order valence-electron chi connectivity index (χ3n) is 1.93. The second kappa shape index (κ2) is 5.53. The molecule has 17 heavy (non-hydrogen) atoms. The van der Waals surface area contributed by atoms with Crippen LogP contribution in [0, 0.1) is 0 Å². The molecular weight excluding hydrogens is 216 g/mol. The van der Waals surface area contributed by atoms with Crippen molar-refractivity contribution in [2.75, 3.05) is 7.11 Å². The smallest absolute Gasteiger partial charge is 0.331 e. The monoisotopic (exact) mass is 234 g/mol. The maximum atomic E-state index is 11.4. The van der Waals surface area contributed by atoms with Gasteiger partial charge in [0.2, 0.25) is 0 Å². The molecule has 0 aliphatic rings. The number of hydrogen-bond donors (Lipinski definition) is 0. The second-order valence-electron chi connectivity index (χ2n) is 4.64. The van der Waals surface area contributed by atoms with Crippen molar-refractivity contribution in [2.24, 2.45) is 0 Å². The molecule has 0 aromatic heterocycles. The van der Waals surface area contributed by atoms with Gasteiger partial charge in [0.15, 0.2) is 0 Å². The van der Waals surface area contributed by atoms with Crippen LogP contribution < -0.4 is 4.74 Å². The van der Waals surface area contributed by atoms with Crippen LogP contribution in [-0.2, 0) is 9.53 Å². The summed E-state index contributed by atoms with van der Waals surface area (Å²) < 4.78 is 10.2. The van der Waals surface area contributed by atoms with E-state index in [1.807, 2.05) is 45.0 Å². The Morgan fingerprint density at radius 3 is 2.24 bits per heavy atom. The number of benzene rings is 1. The zero-order valence-electron chi connectivity index (χ0n) is 10.7. The van der Waals surface area contributed by atoms with Crippen LogP contribution in [-0.4, -0.2) is 18.7 Å². The van der Waals surface area contributed by atoms with Crippen LogP contribution in [0.15, 0.2) is 30.3 Å². The summed E-state index contributed by atoms with van der Waals surface area (Å²) in [5.74, 6) is 0.452. The Labute approximate surface area is 102 Å². The number of esters is 1. The Balaban J connectivity index is 2.61. The van der Waals surface area contributed by atoms with Gasteiger partial charge in [-0.05, 0) is 44.5 Å². The van der Waals surface area contributed by atoms with Gasteiger partial charge in [0, 0.05) is 6.08 Å². The SMILES string of the molecule is COc1ccc(/C=C/C(=O)OC(C)(C)C)cc1. The van der Waals surface area contributed by atoms with Crippen LogP contribution in [0.4, 0.5) is 0 Å². The molecule has 0 amide bonds. The molecule has 0 fully saturated rings. The van der Waals surface area contributed by atoms with Gasteiger partial charge in [-0.25, -0.2) is 4.79 Å². The van der Waals surface area contributed by atoms with Gasteiger partial charge in [0.05, 0.1) is 7.11 Å². The highest BCUT2D eigenvalue weighted by atomic mass is 16.6. The molecule has 0 bridgehead atoms. The van der Waals surface area contributed by atoms with Crippen molar-refractivity contribution in [1.29, 1.82) is 0 Å². The fourth-order valence-corrected chi connectivity index (χ4v) is 1.22. The predicted octanol–water partition coefficient (Wildman–Crippen LogP) is 3.05. The first-order chi connectivity index (χ1) is 7.90. The van der Waals surface area contributed by atoms with E-state index >= 15 is 0 Å². The molecule has 0 N–H and O–H groups in total. The first-order valence-electron chi connectivity index (χ1n) is 5.46. The highest BCUT2D eigenvalue weighted by Crippen LogP contribution is 2.13. The predicted molar refractivity (Wildman–Crippen MR) is 67.9 cm³/mol. The Morgan fingerprint density at radius 2 is 1.76 bits per heavy atom. The molecule has 0 aliphatic heterocycles. The van der Waals surface area contributed by atoms with Crippen LogP contribution in [0.3, 0.4) is 0 Å². The van der Waals surface area contributed by atoms with Crippen molar-refractivity contribution >= 4 is 12.0 Å². The Hall–Kier alpha value is -1.77. The fraction of sp³-hybridized carbons (Fsp3) is 0.357. The molecule has 0 aliphatic carbocycles. The lowest BCUT2D eigenvalue weighted by Crippen LogP contribution is -2.22. The highest BCUT2D eigenvalue weighted by molar-refractivity contribution is 5.87. The van der Waals surface area contributed by atoms with Gasteiger partial charge in [-0.2, -0.15) is 0 Å². The minimum atomic E-state index is -0.457. The lowest BCUT2D eigenvalue weighted by Gasteiger charge is -2.17. The maximum Gasteiger partial charge on any atom is 0.331 e. The second-order valence-corrected chi connectivity index (χ2v) is 4.64. The lowest BCUT2D eigenvalue weighted by molar-refractivity contribution is -0.148. The number of methoxy groups -OCH3 is 1. The summed E-state index contributed by atoms with van der Waals surface area (Å²) in [4.78, 5) is 11.4. The Morgan fingerprint density at radius 1 is 1.18 bits per heavy atom. The lowest BCUT2D eigenvalue weighted by atomic mass is 10.2. The van der Waals surface area contributed by atoms with Gasteiger partial charge in [0.25, 0.3) is 0 Å². The van der Waals surface area contributed by atoms with Crippen LogP contribution in [0.1, 0.15) is 26.3 Å². The molecular formula is C14H18O3. The average Bonchev–Trinajstić information content (AvgIpc) is 2.25. The molecule has 0 saturated carbocycles. The third kappa shape index (κ3) is 5.20. The summed E-state index contributed by atoms with van der Waals surface area (Å²) in [6, 6.07) is 7.43. The molecule has 92 valence electrons. The van der Waals surface area contributed by atoms with Crippen molar-refractivity contribution < 1.29 is 14.3 Å². The molecule has 1 rings (SSSR count). The number of carbonyl (C=O) groups is 1. The molecule has 3 heteroatoms. The summed E-state index contributed by atoms with van der Waals surface area (Å²) in [5, 5.41) is 0. The van der Waals surface area contributed by atoms with E-state index in [2.05, 4.69) is 0 Å². The average molecular weight is 234 g/mol. The van der Waals surface area contributed by atoms with Gasteiger partial charge in [-0.1, -0.05) is 12.1 Å².